The topological polar surface area (TPSA) is 68.9 Å². The number of anilines is 1. The summed E-state index contributed by atoms with van der Waals surface area (Å²) in [4.78, 5) is 23.6. The van der Waals surface area contributed by atoms with Gasteiger partial charge in [-0.25, -0.2) is 4.68 Å². The molecule has 0 radical (unpaired) electrons. The molecule has 0 aliphatic rings. The minimum atomic E-state index is -4.51. The highest BCUT2D eigenvalue weighted by Gasteiger charge is 2.35. The molecule has 1 aromatic carbocycles. The van der Waals surface area contributed by atoms with E-state index >= 15 is 0 Å². The molecule has 0 bridgehead atoms. The average molecular weight is 376 g/mol. The summed E-state index contributed by atoms with van der Waals surface area (Å²) >= 11 is 0. The van der Waals surface area contributed by atoms with Gasteiger partial charge in [0.1, 0.15) is 5.69 Å². The van der Waals surface area contributed by atoms with Gasteiger partial charge in [0, 0.05) is 30.9 Å². The highest BCUT2D eigenvalue weighted by Crippen LogP contribution is 2.30. The smallest absolute Gasteiger partial charge is 0.326 e. The van der Waals surface area contributed by atoms with Gasteiger partial charge in [-0.05, 0) is 36.4 Å². The third-order valence-corrected chi connectivity index (χ3v) is 3.81. The van der Waals surface area contributed by atoms with Crippen molar-refractivity contribution in [3.63, 3.8) is 0 Å². The number of pyridine rings is 1. The number of aromatic nitrogens is 3. The van der Waals surface area contributed by atoms with Crippen LogP contribution in [0.2, 0.25) is 0 Å². The molecule has 3 rings (SSSR count). The van der Waals surface area contributed by atoms with Crippen molar-refractivity contribution in [2.24, 2.45) is 0 Å². The minimum Gasteiger partial charge on any atom is -0.326 e. The zero-order chi connectivity index (χ0) is 19.4. The molecule has 3 aromatic rings. The molecular weight excluding hydrogens is 361 g/mol. The molecule has 9 heteroatoms. The quantitative estimate of drug-likeness (QED) is 0.744. The molecule has 0 saturated carbocycles. The van der Waals surface area contributed by atoms with E-state index in [-0.39, 0.29) is 30.1 Å². The van der Waals surface area contributed by atoms with Gasteiger partial charge in [-0.2, -0.15) is 18.3 Å². The first kappa shape index (κ1) is 18.4. The number of amides is 1. The summed E-state index contributed by atoms with van der Waals surface area (Å²) in [7, 11) is 0. The standard InChI is InChI=1S/C18H15F3N4O2/c19-18(20,21)15-8-10-22-25(15)14-6-4-13(5-7-14)23-16(26)9-12-24-11-2-1-3-17(24)27/h1-8,10-11H,9,12H2,(H,23,26). The summed E-state index contributed by atoms with van der Waals surface area (Å²) in [6.45, 7) is 0.228. The van der Waals surface area contributed by atoms with Crippen LogP contribution in [-0.2, 0) is 17.5 Å². The summed E-state index contributed by atoms with van der Waals surface area (Å²) in [6, 6.07) is 11.4. The largest absolute Gasteiger partial charge is 0.433 e. The van der Waals surface area contributed by atoms with Crippen molar-refractivity contribution < 1.29 is 18.0 Å². The van der Waals surface area contributed by atoms with Crippen molar-refractivity contribution in [3.8, 4) is 5.69 Å². The monoisotopic (exact) mass is 376 g/mol. The van der Waals surface area contributed by atoms with Crippen LogP contribution in [0.25, 0.3) is 5.69 Å². The van der Waals surface area contributed by atoms with Gasteiger partial charge in [0.25, 0.3) is 5.56 Å². The van der Waals surface area contributed by atoms with Gasteiger partial charge in [0.05, 0.1) is 11.9 Å². The van der Waals surface area contributed by atoms with Crippen molar-refractivity contribution in [1.82, 2.24) is 14.3 Å². The molecule has 0 saturated heterocycles. The summed E-state index contributed by atoms with van der Waals surface area (Å²) < 4.78 is 41.0. The van der Waals surface area contributed by atoms with E-state index in [1.165, 1.54) is 34.9 Å². The van der Waals surface area contributed by atoms with Crippen LogP contribution in [-0.4, -0.2) is 20.3 Å². The van der Waals surface area contributed by atoms with Crippen molar-refractivity contribution in [1.29, 1.82) is 0 Å². The van der Waals surface area contributed by atoms with Gasteiger partial charge in [0.2, 0.25) is 5.91 Å². The first-order chi connectivity index (χ1) is 12.8. The molecule has 140 valence electrons. The Bertz CT molecular complexity index is 991. The van der Waals surface area contributed by atoms with Crippen LogP contribution in [0.5, 0.6) is 0 Å². The lowest BCUT2D eigenvalue weighted by atomic mass is 10.2. The lowest BCUT2D eigenvalue weighted by Gasteiger charge is -2.11. The predicted octanol–water partition coefficient (Wildman–Crippen LogP) is 3.08. The van der Waals surface area contributed by atoms with E-state index < -0.39 is 11.9 Å². The van der Waals surface area contributed by atoms with Crippen LogP contribution >= 0.6 is 0 Å². The number of halogens is 3. The van der Waals surface area contributed by atoms with E-state index in [0.29, 0.717) is 5.69 Å². The van der Waals surface area contributed by atoms with Crippen LogP contribution in [0, 0.1) is 0 Å². The van der Waals surface area contributed by atoms with E-state index in [2.05, 4.69) is 10.4 Å². The second-order valence-corrected chi connectivity index (χ2v) is 5.70. The van der Waals surface area contributed by atoms with Gasteiger partial charge in [-0.15, -0.1) is 0 Å². The van der Waals surface area contributed by atoms with Gasteiger partial charge in [-0.1, -0.05) is 6.07 Å². The number of alkyl halides is 3. The molecule has 1 N–H and O–H groups in total. The number of nitrogens with zero attached hydrogens (tertiary/aromatic N) is 3. The fourth-order valence-corrected chi connectivity index (χ4v) is 2.50. The van der Waals surface area contributed by atoms with Gasteiger partial charge < -0.3 is 9.88 Å². The molecule has 1 amide bonds. The van der Waals surface area contributed by atoms with Crippen molar-refractivity contribution in [2.75, 3.05) is 5.32 Å². The summed E-state index contributed by atoms with van der Waals surface area (Å²) in [5.74, 6) is -0.312. The first-order valence-electron chi connectivity index (χ1n) is 8.01. The normalized spacial score (nSPS) is 11.4. The van der Waals surface area contributed by atoms with Crippen LogP contribution < -0.4 is 10.9 Å². The Kier molecular flexibility index (Phi) is 5.11. The Labute approximate surface area is 151 Å². The zero-order valence-electron chi connectivity index (χ0n) is 14.0. The molecule has 2 heterocycles. The third-order valence-electron chi connectivity index (χ3n) is 3.81. The number of carbonyl (C=O) groups excluding carboxylic acids is 1. The molecule has 0 aliphatic carbocycles. The Morgan fingerprint density at radius 3 is 2.48 bits per heavy atom. The van der Waals surface area contributed by atoms with Crippen molar-refractivity contribution >= 4 is 11.6 Å². The molecule has 0 unspecified atom stereocenters. The predicted molar refractivity (Wildman–Crippen MR) is 92.5 cm³/mol. The third kappa shape index (κ3) is 4.43. The highest BCUT2D eigenvalue weighted by atomic mass is 19.4. The molecule has 0 spiro atoms. The summed E-state index contributed by atoms with van der Waals surface area (Å²) in [5, 5.41) is 6.33. The van der Waals surface area contributed by atoms with E-state index in [1.807, 2.05) is 0 Å². The van der Waals surface area contributed by atoms with Gasteiger partial charge in [-0.3, -0.25) is 9.59 Å². The Morgan fingerprint density at radius 2 is 1.81 bits per heavy atom. The van der Waals surface area contributed by atoms with E-state index in [9.17, 15) is 22.8 Å². The summed E-state index contributed by atoms with van der Waals surface area (Å²) in [5.41, 5.74) is -0.423. The second-order valence-electron chi connectivity index (χ2n) is 5.70. The Hall–Kier alpha value is -3.36. The Morgan fingerprint density at radius 1 is 1.07 bits per heavy atom. The van der Waals surface area contributed by atoms with Crippen molar-refractivity contribution in [2.45, 2.75) is 19.1 Å². The fourth-order valence-electron chi connectivity index (χ4n) is 2.50. The van der Waals surface area contributed by atoms with Crippen LogP contribution in [0.4, 0.5) is 18.9 Å². The molecule has 2 aromatic heterocycles. The lowest BCUT2D eigenvalue weighted by Crippen LogP contribution is -2.21. The fraction of sp³-hybridized carbons (Fsp3) is 0.167. The maximum absolute atomic E-state index is 12.9. The van der Waals surface area contributed by atoms with Gasteiger partial charge >= 0.3 is 6.18 Å². The average Bonchev–Trinajstić information content (AvgIpc) is 3.12. The number of aryl methyl sites for hydroxylation is 1. The number of hydrogen-bond donors (Lipinski definition) is 1. The van der Waals surface area contributed by atoms with Crippen LogP contribution in [0.1, 0.15) is 12.1 Å². The number of nitrogens with one attached hydrogen (secondary N) is 1. The molecule has 0 aliphatic heterocycles. The first-order valence-corrected chi connectivity index (χ1v) is 8.01. The summed E-state index contributed by atoms with van der Waals surface area (Å²) in [6.07, 6.45) is -1.77. The maximum atomic E-state index is 12.9. The van der Waals surface area contributed by atoms with Crippen LogP contribution in [0.15, 0.2) is 65.7 Å². The number of carbonyl (C=O) groups is 1. The second kappa shape index (κ2) is 7.48. The number of rotatable bonds is 5. The van der Waals surface area contributed by atoms with E-state index in [1.54, 1.807) is 18.3 Å². The Balaban J connectivity index is 1.64. The van der Waals surface area contributed by atoms with E-state index in [4.69, 9.17) is 0 Å². The number of hydrogen-bond acceptors (Lipinski definition) is 3. The molecule has 0 atom stereocenters. The lowest BCUT2D eigenvalue weighted by molar-refractivity contribution is -0.142. The molecular formula is C18H15F3N4O2. The number of benzene rings is 1. The maximum Gasteiger partial charge on any atom is 0.433 e. The highest BCUT2D eigenvalue weighted by molar-refractivity contribution is 5.90. The van der Waals surface area contributed by atoms with Gasteiger partial charge in [0.15, 0.2) is 0 Å². The minimum absolute atomic E-state index is 0.0864. The zero-order valence-corrected chi connectivity index (χ0v) is 14.0. The van der Waals surface area contributed by atoms with Crippen molar-refractivity contribution in [3.05, 3.63) is 77.0 Å². The van der Waals surface area contributed by atoms with Crippen LogP contribution in [0.3, 0.4) is 0 Å². The SMILES string of the molecule is O=C(CCn1ccccc1=O)Nc1ccc(-n2nccc2C(F)(F)F)cc1. The van der Waals surface area contributed by atoms with E-state index in [0.717, 1.165) is 16.9 Å². The molecule has 6 nitrogen and oxygen atoms in total. The molecule has 0 fully saturated rings. The molecule has 27 heavy (non-hydrogen) atoms.